The molecule has 1 atom stereocenters. The van der Waals surface area contributed by atoms with Crippen LogP contribution in [0.2, 0.25) is 0 Å². The molecule has 1 unspecified atom stereocenters. The van der Waals surface area contributed by atoms with Gasteiger partial charge < -0.3 is 15.5 Å². The van der Waals surface area contributed by atoms with E-state index in [-0.39, 0.29) is 5.95 Å². The lowest BCUT2D eigenvalue weighted by Gasteiger charge is -2.14. The van der Waals surface area contributed by atoms with Crippen molar-refractivity contribution in [3.63, 3.8) is 0 Å². The molecule has 0 saturated heterocycles. The molecule has 0 aliphatic rings. The second kappa shape index (κ2) is 7.96. The zero-order valence-electron chi connectivity index (χ0n) is 14.8. The van der Waals surface area contributed by atoms with Crippen LogP contribution in [0.3, 0.4) is 0 Å². The quantitative estimate of drug-likeness (QED) is 0.650. The summed E-state index contributed by atoms with van der Waals surface area (Å²) in [5, 5.41) is 0. The van der Waals surface area contributed by atoms with Crippen LogP contribution in [0.1, 0.15) is 44.2 Å². The van der Waals surface area contributed by atoms with Gasteiger partial charge in [0.05, 0.1) is 6.33 Å². The standard InChI is InChI=1S/C19H25N5O/c1-3-5-13(4-2)10-14-6-8-15(9-7-14)11-25-18-16-17(22-12-21-16)23-19(20)24-18/h6-9,12-13H,3-5,10-11H2,1-2H3,(H3,20,21,22,23,24). The number of aromatic amines is 1. The maximum Gasteiger partial charge on any atom is 0.247 e. The summed E-state index contributed by atoms with van der Waals surface area (Å²) in [5.74, 6) is 1.34. The highest BCUT2D eigenvalue weighted by Crippen LogP contribution is 2.21. The summed E-state index contributed by atoms with van der Waals surface area (Å²) < 4.78 is 5.81. The molecule has 6 nitrogen and oxygen atoms in total. The number of hydrogen-bond donors (Lipinski definition) is 2. The molecular formula is C19H25N5O. The van der Waals surface area contributed by atoms with Crippen molar-refractivity contribution >= 4 is 17.1 Å². The third kappa shape index (κ3) is 4.26. The van der Waals surface area contributed by atoms with Crippen LogP contribution in [0.5, 0.6) is 5.88 Å². The summed E-state index contributed by atoms with van der Waals surface area (Å²) in [4.78, 5) is 15.3. The monoisotopic (exact) mass is 339 g/mol. The normalized spacial score (nSPS) is 12.4. The van der Waals surface area contributed by atoms with Gasteiger partial charge in [0.15, 0.2) is 11.2 Å². The second-order valence-corrected chi connectivity index (χ2v) is 6.36. The van der Waals surface area contributed by atoms with Crippen LogP contribution in [-0.4, -0.2) is 19.9 Å². The fourth-order valence-electron chi connectivity index (χ4n) is 3.04. The average Bonchev–Trinajstić information content (AvgIpc) is 3.08. The lowest BCUT2D eigenvalue weighted by molar-refractivity contribution is 0.297. The molecule has 0 radical (unpaired) electrons. The van der Waals surface area contributed by atoms with Crippen molar-refractivity contribution in [2.75, 3.05) is 5.73 Å². The number of imidazole rings is 1. The Balaban J connectivity index is 1.64. The first-order chi connectivity index (χ1) is 12.2. The summed E-state index contributed by atoms with van der Waals surface area (Å²) in [6.07, 6.45) is 6.46. The fourth-order valence-corrected chi connectivity index (χ4v) is 3.04. The summed E-state index contributed by atoms with van der Waals surface area (Å²) in [7, 11) is 0. The van der Waals surface area contributed by atoms with E-state index in [0.29, 0.717) is 23.7 Å². The smallest absolute Gasteiger partial charge is 0.247 e. The van der Waals surface area contributed by atoms with Gasteiger partial charge in [-0.15, -0.1) is 0 Å². The molecule has 6 heteroatoms. The lowest BCUT2D eigenvalue weighted by atomic mass is 9.92. The third-order valence-electron chi connectivity index (χ3n) is 4.46. The second-order valence-electron chi connectivity index (χ2n) is 6.36. The Morgan fingerprint density at radius 3 is 2.60 bits per heavy atom. The molecule has 0 aliphatic heterocycles. The highest BCUT2D eigenvalue weighted by molar-refractivity contribution is 5.76. The number of H-pyrrole nitrogens is 1. The van der Waals surface area contributed by atoms with E-state index in [1.54, 1.807) is 6.33 Å². The molecule has 25 heavy (non-hydrogen) atoms. The van der Waals surface area contributed by atoms with E-state index in [1.165, 1.54) is 24.8 Å². The Hall–Kier alpha value is -2.63. The minimum absolute atomic E-state index is 0.170. The van der Waals surface area contributed by atoms with Crippen molar-refractivity contribution < 1.29 is 4.74 Å². The van der Waals surface area contributed by atoms with Gasteiger partial charge in [0.25, 0.3) is 0 Å². The SMILES string of the molecule is CCCC(CC)Cc1ccc(COc2nc(N)nc3[nH]cnc23)cc1. The molecule has 3 rings (SSSR count). The van der Waals surface area contributed by atoms with Gasteiger partial charge in [-0.2, -0.15) is 9.97 Å². The largest absolute Gasteiger partial charge is 0.471 e. The van der Waals surface area contributed by atoms with Gasteiger partial charge in [-0.25, -0.2) is 4.98 Å². The van der Waals surface area contributed by atoms with Crippen LogP contribution >= 0.6 is 0 Å². The van der Waals surface area contributed by atoms with Crippen molar-refractivity contribution in [3.8, 4) is 5.88 Å². The molecule has 3 aromatic rings. The van der Waals surface area contributed by atoms with Gasteiger partial charge >= 0.3 is 0 Å². The summed E-state index contributed by atoms with van der Waals surface area (Å²) in [5.41, 5.74) is 9.35. The van der Waals surface area contributed by atoms with E-state index >= 15 is 0 Å². The number of ether oxygens (including phenoxy) is 1. The van der Waals surface area contributed by atoms with Crippen molar-refractivity contribution in [2.24, 2.45) is 5.92 Å². The topological polar surface area (TPSA) is 89.7 Å². The number of anilines is 1. The van der Waals surface area contributed by atoms with Gasteiger partial charge in [0, 0.05) is 0 Å². The first kappa shape index (κ1) is 17.2. The van der Waals surface area contributed by atoms with Gasteiger partial charge in [0.1, 0.15) is 6.61 Å². The van der Waals surface area contributed by atoms with E-state index in [9.17, 15) is 0 Å². The molecule has 0 amide bonds. The zero-order valence-corrected chi connectivity index (χ0v) is 14.8. The summed E-state index contributed by atoms with van der Waals surface area (Å²) in [6.45, 7) is 4.94. The lowest BCUT2D eigenvalue weighted by Crippen LogP contribution is -2.04. The van der Waals surface area contributed by atoms with Crippen LogP contribution in [0.25, 0.3) is 11.2 Å². The molecule has 2 aromatic heterocycles. The highest BCUT2D eigenvalue weighted by Gasteiger charge is 2.10. The maximum atomic E-state index is 5.81. The first-order valence-electron chi connectivity index (χ1n) is 8.86. The fraction of sp³-hybridized carbons (Fsp3) is 0.421. The van der Waals surface area contributed by atoms with E-state index in [1.807, 2.05) is 0 Å². The molecular weight excluding hydrogens is 314 g/mol. The predicted octanol–water partition coefficient (Wildman–Crippen LogP) is 3.88. The predicted molar refractivity (Wildman–Crippen MR) is 99.3 cm³/mol. The molecule has 0 bridgehead atoms. The van der Waals surface area contributed by atoms with E-state index in [2.05, 4.69) is 58.0 Å². The summed E-state index contributed by atoms with van der Waals surface area (Å²) in [6, 6.07) is 8.60. The molecule has 132 valence electrons. The van der Waals surface area contributed by atoms with Gasteiger partial charge in [-0.05, 0) is 23.5 Å². The Labute approximate surface area is 147 Å². The molecule has 3 N–H and O–H groups in total. The molecule has 0 spiro atoms. The number of nitrogens with one attached hydrogen (secondary N) is 1. The number of nitrogens with two attached hydrogens (primary N) is 1. The van der Waals surface area contributed by atoms with Gasteiger partial charge in [-0.1, -0.05) is 57.4 Å². The number of nitrogen functional groups attached to an aromatic ring is 1. The zero-order chi connectivity index (χ0) is 17.6. The molecule has 0 fully saturated rings. The molecule has 0 aliphatic carbocycles. The molecule has 0 saturated carbocycles. The van der Waals surface area contributed by atoms with Crippen LogP contribution < -0.4 is 10.5 Å². The number of hydrogen-bond acceptors (Lipinski definition) is 5. The minimum atomic E-state index is 0.170. The van der Waals surface area contributed by atoms with Gasteiger partial charge in [0.2, 0.25) is 11.8 Å². The summed E-state index contributed by atoms with van der Waals surface area (Å²) >= 11 is 0. The molecule has 2 heterocycles. The van der Waals surface area contributed by atoms with E-state index < -0.39 is 0 Å². The van der Waals surface area contributed by atoms with Crippen LogP contribution in [-0.2, 0) is 13.0 Å². The Kier molecular flexibility index (Phi) is 5.48. The number of rotatable bonds is 8. The molecule has 1 aromatic carbocycles. The Morgan fingerprint density at radius 2 is 1.88 bits per heavy atom. The van der Waals surface area contributed by atoms with Crippen molar-refractivity contribution in [2.45, 2.75) is 46.1 Å². The van der Waals surface area contributed by atoms with Crippen LogP contribution in [0, 0.1) is 5.92 Å². The maximum absolute atomic E-state index is 5.81. The van der Waals surface area contributed by atoms with Crippen LogP contribution in [0.4, 0.5) is 5.95 Å². The Bertz CT molecular complexity index is 812. The number of fused-ring (bicyclic) bond motifs is 1. The van der Waals surface area contributed by atoms with Crippen molar-refractivity contribution in [3.05, 3.63) is 41.7 Å². The first-order valence-corrected chi connectivity index (χ1v) is 8.86. The minimum Gasteiger partial charge on any atom is -0.471 e. The van der Waals surface area contributed by atoms with E-state index in [4.69, 9.17) is 10.5 Å². The van der Waals surface area contributed by atoms with Gasteiger partial charge in [-0.3, -0.25) is 0 Å². The number of aromatic nitrogens is 4. The van der Waals surface area contributed by atoms with E-state index in [0.717, 1.165) is 17.9 Å². The van der Waals surface area contributed by atoms with Crippen molar-refractivity contribution in [1.82, 2.24) is 19.9 Å². The third-order valence-corrected chi connectivity index (χ3v) is 4.46. The Morgan fingerprint density at radius 1 is 1.12 bits per heavy atom. The highest BCUT2D eigenvalue weighted by atomic mass is 16.5. The van der Waals surface area contributed by atoms with Crippen LogP contribution in [0.15, 0.2) is 30.6 Å². The average molecular weight is 339 g/mol. The van der Waals surface area contributed by atoms with Crippen molar-refractivity contribution in [1.29, 1.82) is 0 Å². The number of benzene rings is 1. The number of nitrogens with zero attached hydrogens (tertiary/aromatic N) is 3.